The zero-order valence-electron chi connectivity index (χ0n) is 34.6. The molecule has 1 fully saturated rings. The lowest BCUT2D eigenvalue weighted by molar-refractivity contribution is -0.437. The summed E-state index contributed by atoms with van der Waals surface area (Å²) < 4.78 is 142. The van der Waals surface area contributed by atoms with E-state index in [0.29, 0.717) is 46.1 Å². The van der Waals surface area contributed by atoms with Gasteiger partial charge in [0.2, 0.25) is 5.69 Å². The largest absolute Gasteiger partial charge is 0.492 e. The topological polar surface area (TPSA) is 270 Å². The molecular weight excluding hydrogens is 889 g/mol. The van der Waals surface area contributed by atoms with Crippen LogP contribution in [0.15, 0.2) is 93.1 Å². The van der Waals surface area contributed by atoms with Gasteiger partial charge < -0.3 is 14.7 Å². The summed E-state index contributed by atoms with van der Waals surface area (Å²) in [6.07, 6.45) is 9.40. The standard InChI is InChI=1S/C41H50N2O15S4/c1-40(2)32-24-28(61(52,53)54)9-13-34(32)42(18-5-21-59(46,47)48)36(40)15-11-30-26-7-8-27(23-26)31(39(30)58-20-17-38(44)45)12-16-37-41(3,4)33-25-29(62(55,56)57)10-14-35(33)43(37)19-6-22-60(49,50)51/h9-16,24-27H,5-8,17-23H2,1-4H3,(H4-,44,45,46,47,48,49,50,51,52,53,54,55,56,57)/p+1. The van der Waals surface area contributed by atoms with Gasteiger partial charge in [-0.1, -0.05) is 19.9 Å². The molecule has 2 bridgehead atoms. The smallest absolute Gasteiger partial charge is 0.306 e. The average molecular weight is 940 g/mol. The van der Waals surface area contributed by atoms with E-state index in [4.69, 9.17) is 4.74 Å². The number of benzene rings is 2. The van der Waals surface area contributed by atoms with Crippen molar-refractivity contribution in [3.05, 3.63) is 94.4 Å². The van der Waals surface area contributed by atoms with Crippen LogP contribution in [0.3, 0.4) is 0 Å². The predicted molar refractivity (Wildman–Crippen MR) is 229 cm³/mol. The summed E-state index contributed by atoms with van der Waals surface area (Å²) in [5, 5.41) is 9.55. The Hall–Kier alpha value is -4.22. The molecule has 4 aliphatic rings. The predicted octanol–water partition coefficient (Wildman–Crippen LogP) is 5.45. The third-order valence-corrected chi connectivity index (χ3v) is 15.4. The first kappa shape index (κ1) is 47.3. The van der Waals surface area contributed by atoms with Crippen LogP contribution in [0.5, 0.6) is 0 Å². The lowest BCUT2D eigenvalue weighted by Crippen LogP contribution is -2.28. The highest BCUT2D eigenvalue weighted by molar-refractivity contribution is 7.86. The molecule has 21 heteroatoms. The molecule has 2 unspecified atom stereocenters. The molecule has 5 N–H and O–H groups in total. The zero-order chi connectivity index (χ0) is 45.8. The molecule has 17 nitrogen and oxygen atoms in total. The van der Waals surface area contributed by atoms with Gasteiger partial charge in [-0.2, -0.15) is 38.2 Å². The van der Waals surface area contributed by atoms with Crippen LogP contribution < -0.4 is 4.90 Å². The molecule has 1 saturated carbocycles. The van der Waals surface area contributed by atoms with Crippen molar-refractivity contribution in [2.24, 2.45) is 11.8 Å². The van der Waals surface area contributed by atoms with Gasteiger partial charge in [-0.25, -0.2) is 0 Å². The van der Waals surface area contributed by atoms with Gasteiger partial charge in [0.25, 0.3) is 40.5 Å². The van der Waals surface area contributed by atoms with E-state index in [1.807, 2.05) is 61.5 Å². The summed E-state index contributed by atoms with van der Waals surface area (Å²) in [4.78, 5) is 12.9. The Labute approximate surface area is 362 Å². The number of carboxylic acids is 1. The SMILES string of the molecule is CC1(C)C(/C=C/C2=C(OCCC(=O)O)C(=C/C=C3/N(CCCS(=O)(=O)O)c4ccc(S(=O)(=O)O)cc4C3(C)C)/C3CCC2C3)=[N+](CCCS(=O)(=O)O)c2ccc(S(=O)(=O)O)cc21. The second-order valence-corrected chi connectivity index (χ2v) is 23.0. The van der Waals surface area contributed by atoms with E-state index in [9.17, 15) is 61.8 Å². The quantitative estimate of drug-likeness (QED) is 0.0974. The van der Waals surface area contributed by atoms with Gasteiger partial charge in [-0.3, -0.25) is 23.0 Å². The molecule has 2 atom stereocenters. The Morgan fingerprint density at radius 2 is 1.39 bits per heavy atom. The second kappa shape index (κ2) is 17.1. The second-order valence-electron chi connectivity index (χ2n) is 17.0. The van der Waals surface area contributed by atoms with Gasteiger partial charge in [0.1, 0.15) is 12.3 Å². The van der Waals surface area contributed by atoms with Crippen molar-refractivity contribution in [2.45, 2.75) is 86.8 Å². The summed E-state index contributed by atoms with van der Waals surface area (Å²) in [5.74, 6) is -1.68. The number of nitrogens with zero attached hydrogens (tertiary/aromatic N) is 2. The molecule has 62 heavy (non-hydrogen) atoms. The van der Waals surface area contributed by atoms with Crippen molar-refractivity contribution in [3.8, 4) is 0 Å². The molecule has 2 aliphatic heterocycles. The molecular formula is C41H51N2O15S4+. The van der Waals surface area contributed by atoms with Crippen molar-refractivity contribution in [1.29, 1.82) is 0 Å². The zero-order valence-corrected chi connectivity index (χ0v) is 37.8. The maximum atomic E-state index is 12.2. The van der Waals surface area contributed by atoms with Crippen LogP contribution in [0.1, 0.15) is 77.3 Å². The Balaban J connectivity index is 1.49. The van der Waals surface area contributed by atoms with Crippen LogP contribution >= 0.6 is 0 Å². The fraction of sp³-hybridized carbons (Fsp3) is 0.463. The highest BCUT2D eigenvalue weighted by Gasteiger charge is 2.46. The number of allylic oxidation sites excluding steroid dienone is 7. The minimum Gasteiger partial charge on any atom is -0.492 e. The number of hydrogen-bond donors (Lipinski definition) is 5. The number of hydrogen-bond acceptors (Lipinski definition) is 11. The van der Waals surface area contributed by atoms with Crippen molar-refractivity contribution in [3.63, 3.8) is 0 Å². The first-order chi connectivity index (χ1) is 28.6. The Morgan fingerprint density at radius 1 is 0.790 bits per heavy atom. The third kappa shape index (κ3) is 10.1. The van der Waals surface area contributed by atoms with E-state index in [0.717, 1.165) is 24.0 Å². The van der Waals surface area contributed by atoms with E-state index in [1.165, 1.54) is 36.4 Å². The molecule has 0 amide bonds. The molecule has 2 heterocycles. The molecule has 0 saturated heterocycles. The maximum Gasteiger partial charge on any atom is 0.306 e. The molecule has 0 spiro atoms. The Kier molecular flexibility index (Phi) is 13.0. The van der Waals surface area contributed by atoms with E-state index in [1.54, 1.807) is 0 Å². The van der Waals surface area contributed by atoms with Crippen LogP contribution in [0, 0.1) is 11.8 Å². The first-order valence-corrected chi connectivity index (χ1v) is 26.0. The Bertz CT molecular complexity index is 2800. The van der Waals surface area contributed by atoms with Gasteiger partial charge in [0.05, 0.1) is 39.7 Å². The molecule has 6 rings (SSSR count). The third-order valence-electron chi connectivity index (χ3n) is 12.1. The molecule has 2 aromatic rings. The fourth-order valence-electron chi connectivity index (χ4n) is 9.17. The number of carbonyl (C=O) groups is 1. The molecule has 0 aromatic heterocycles. The van der Waals surface area contributed by atoms with E-state index >= 15 is 0 Å². The summed E-state index contributed by atoms with van der Waals surface area (Å²) in [5.41, 5.74) is 3.30. The van der Waals surface area contributed by atoms with Crippen molar-refractivity contribution in [1.82, 2.24) is 0 Å². The lowest BCUT2D eigenvalue weighted by atomic mass is 9.79. The monoisotopic (exact) mass is 939 g/mol. The van der Waals surface area contributed by atoms with Gasteiger partial charge in [0, 0.05) is 47.5 Å². The van der Waals surface area contributed by atoms with Crippen LogP contribution in [0.2, 0.25) is 0 Å². The number of fused-ring (bicyclic) bond motifs is 4. The van der Waals surface area contributed by atoms with Crippen LogP contribution in [-0.4, -0.2) is 104 Å². The number of anilines is 1. The maximum absolute atomic E-state index is 12.2. The average Bonchev–Trinajstić information content (AvgIpc) is 3.73. The summed E-state index contributed by atoms with van der Waals surface area (Å²) in [7, 11) is -17.7. The van der Waals surface area contributed by atoms with Crippen LogP contribution in [0.4, 0.5) is 11.4 Å². The molecule has 2 aliphatic carbocycles. The van der Waals surface area contributed by atoms with Gasteiger partial charge >= 0.3 is 5.97 Å². The van der Waals surface area contributed by atoms with Crippen LogP contribution in [0.25, 0.3) is 0 Å². The van der Waals surface area contributed by atoms with E-state index < -0.39 is 68.8 Å². The highest BCUT2D eigenvalue weighted by Crippen LogP contribution is 2.52. The minimum atomic E-state index is -4.57. The summed E-state index contributed by atoms with van der Waals surface area (Å²) >= 11 is 0. The normalized spacial score (nSPS) is 22.3. The molecule has 338 valence electrons. The number of carboxylic acid groups (broad SMARTS) is 1. The van der Waals surface area contributed by atoms with Crippen molar-refractivity contribution in [2.75, 3.05) is 36.1 Å². The van der Waals surface area contributed by atoms with Crippen molar-refractivity contribution < 1.29 is 71.1 Å². The summed E-state index contributed by atoms with van der Waals surface area (Å²) in [6, 6.07) is 8.31. The Morgan fingerprint density at radius 3 is 2.00 bits per heavy atom. The van der Waals surface area contributed by atoms with Gasteiger partial charge in [-0.15, -0.1) is 0 Å². The minimum absolute atomic E-state index is 0.00422. The lowest BCUT2D eigenvalue weighted by Gasteiger charge is -2.29. The number of rotatable bonds is 17. The van der Waals surface area contributed by atoms with E-state index in [-0.39, 0.29) is 60.6 Å². The van der Waals surface area contributed by atoms with E-state index in [2.05, 4.69) is 0 Å². The van der Waals surface area contributed by atoms with Crippen molar-refractivity contribution >= 4 is 63.5 Å². The van der Waals surface area contributed by atoms with Gasteiger partial charge in [0.15, 0.2) is 5.71 Å². The fourth-order valence-corrected chi connectivity index (χ4v) is 11.2. The van der Waals surface area contributed by atoms with Crippen LogP contribution in [-0.2, 0) is 60.8 Å². The number of ether oxygens (including phenoxy) is 1. The highest BCUT2D eigenvalue weighted by atomic mass is 32.2. The molecule has 2 aromatic carbocycles. The molecule has 0 radical (unpaired) electrons. The number of aliphatic carboxylic acids is 1. The first-order valence-electron chi connectivity index (χ1n) is 19.9. The van der Waals surface area contributed by atoms with Gasteiger partial charge in [-0.05, 0) is 111 Å². The summed E-state index contributed by atoms with van der Waals surface area (Å²) in [6.45, 7) is 7.49.